The zero-order valence-electron chi connectivity index (χ0n) is 9.64. The molecule has 3 N–H and O–H groups in total. The highest BCUT2D eigenvalue weighted by Crippen LogP contribution is 2.24. The van der Waals surface area contributed by atoms with Crippen molar-refractivity contribution >= 4 is 22.0 Å². The number of carboxylic acid groups (broad SMARTS) is 1. The number of rotatable bonds is 2. The van der Waals surface area contributed by atoms with E-state index in [4.69, 9.17) is 10.8 Å². The lowest BCUT2D eigenvalue weighted by atomic mass is 10.0. The van der Waals surface area contributed by atoms with E-state index in [1.807, 2.05) is 0 Å². The first-order chi connectivity index (χ1) is 8.50. The zero-order valence-corrected chi connectivity index (χ0v) is 11.2. The SMILES string of the molecule is N[C@@H]1CCN(C(=O)O)[C@@H]1Cc1cccc(Br)c1F. The van der Waals surface area contributed by atoms with Gasteiger partial charge in [0.25, 0.3) is 0 Å². The molecule has 98 valence electrons. The van der Waals surface area contributed by atoms with E-state index in [0.29, 0.717) is 29.4 Å². The van der Waals surface area contributed by atoms with Gasteiger partial charge in [-0.3, -0.25) is 0 Å². The van der Waals surface area contributed by atoms with Crippen LogP contribution in [0.25, 0.3) is 0 Å². The minimum Gasteiger partial charge on any atom is -0.465 e. The van der Waals surface area contributed by atoms with Gasteiger partial charge < -0.3 is 15.7 Å². The maximum absolute atomic E-state index is 13.9. The average Bonchev–Trinajstić information content (AvgIpc) is 2.67. The summed E-state index contributed by atoms with van der Waals surface area (Å²) < 4.78 is 14.2. The molecule has 0 aliphatic carbocycles. The van der Waals surface area contributed by atoms with Crippen molar-refractivity contribution in [1.29, 1.82) is 0 Å². The Morgan fingerprint density at radius 3 is 3.00 bits per heavy atom. The molecular formula is C12H14BrFN2O2. The Labute approximate surface area is 113 Å². The van der Waals surface area contributed by atoms with Crippen LogP contribution in [0.1, 0.15) is 12.0 Å². The van der Waals surface area contributed by atoms with E-state index in [1.54, 1.807) is 18.2 Å². The normalized spacial score (nSPS) is 23.4. The van der Waals surface area contributed by atoms with Gasteiger partial charge in [-0.1, -0.05) is 12.1 Å². The number of halogens is 2. The summed E-state index contributed by atoms with van der Waals surface area (Å²) in [4.78, 5) is 12.4. The number of hydrogen-bond acceptors (Lipinski definition) is 2. The maximum atomic E-state index is 13.9. The van der Waals surface area contributed by atoms with Crippen molar-refractivity contribution in [3.8, 4) is 0 Å². The van der Waals surface area contributed by atoms with Gasteiger partial charge >= 0.3 is 6.09 Å². The summed E-state index contributed by atoms with van der Waals surface area (Å²) in [6.45, 7) is 0.413. The van der Waals surface area contributed by atoms with Crippen molar-refractivity contribution in [2.75, 3.05) is 6.54 Å². The number of nitrogens with zero attached hydrogens (tertiary/aromatic N) is 1. The molecule has 0 spiro atoms. The van der Waals surface area contributed by atoms with Gasteiger partial charge in [0.1, 0.15) is 5.82 Å². The first kappa shape index (κ1) is 13.3. The summed E-state index contributed by atoms with van der Waals surface area (Å²) in [5.74, 6) is -0.345. The van der Waals surface area contributed by atoms with E-state index in [-0.39, 0.29) is 17.9 Å². The van der Waals surface area contributed by atoms with Crippen LogP contribution in [0.5, 0.6) is 0 Å². The van der Waals surface area contributed by atoms with Gasteiger partial charge in [-0.2, -0.15) is 0 Å². The third-order valence-corrected chi connectivity index (χ3v) is 3.92. The molecule has 0 aromatic heterocycles. The van der Waals surface area contributed by atoms with E-state index >= 15 is 0 Å². The Morgan fingerprint density at radius 1 is 1.61 bits per heavy atom. The number of likely N-dealkylation sites (tertiary alicyclic amines) is 1. The van der Waals surface area contributed by atoms with Crippen molar-refractivity contribution < 1.29 is 14.3 Å². The Bertz CT molecular complexity index is 469. The number of nitrogens with two attached hydrogens (primary N) is 1. The standard InChI is InChI=1S/C12H14BrFN2O2/c13-8-3-1-2-7(11(8)14)6-10-9(15)4-5-16(10)12(17)18/h1-3,9-10H,4-6,15H2,(H,17,18)/t9-,10-/m1/s1. The molecule has 6 heteroatoms. The molecule has 1 aliphatic heterocycles. The van der Waals surface area contributed by atoms with Gasteiger partial charge in [0.15, 0.2) is 0 Å². The fourth-order valence-electron chi connectivity index (χ4n) is 2.31. The smallest absolute Gasteiger partial charge is 0.407 e. The second kappa shape index (κ2) is 5.24. The van der Waals surface area contributed by atoms with Crippen molar-refractivity contribution in [1.82, 2.24) is 4.90 Å². The highest BCUT2D eigenvalue weighted by Gasteiger charge is 2.35. The fourth-order valence-corrected chi connectivity index (χ4v) is 2.72. The van der Waals surface area contributed by atoms with Crippen LogP contribution >= 0.6 is 15.9 Å². The summed E-state index contributed by atoms with van der Waals surface area (Å²) in [5, 5.41) is 9.07. The Morgan fingerprint density at radius 2 is 2.33 bits per heavy atom. The first-order valence-electron chi connectivity index (χ1n) is 5.68. The predicted molar refractivity (Wildman–Crippen MR) is 68.9 cm³/mol. The Kier molecular flexibility index (Phi) is 3.87. The van der Waals surface area contributed by atoms with Crippen LogP contribution in [0.2, 0.25) is 0 Å². The molecule has 0 unspecified atom stereocenters. The number of amides is 1. The molecule has 1 fully saturated rings. The van der Waals surface area contributed by atoms with E-state index in [1.165, 1.54) is 4.90 Å². The molecule has 0 saturated carbocycles. The lowest BCUT2D eigenvalue weighted by molar-refractivity contribution is 0.138. The van der Waals surface area contributed by atoms with E-state index in [0.717, 1.165) is 0 Å². The fraction of sp³-hybridized carbons (Fsp3) is 0.417. The average molecular weight is 317 g/mol. The summed E-state index contributed by atoms with van der Waals surface area (Å²) in [5.41, 5.74) is 6.39. The van der Waals surface area contributed by atoms with Crippen LogP contribution in [0.15, 0.2) is 22.7 Å². The molecular weight excluding hydrogens is 303 g/mol. The predicted octanol–water partition coefficient (Wildman–Crippen LogP) is 2.21. The quantitative estimate of drug-likeness (QED) is 0.879. The highest BCUT2D eigenvalue weighted by atomic mass is 79.9. The lowest BCUT2D eigenvalue weighted by Crippen LogP contribution is -2.43. The summed E-state index contributed by atoms with van der Waals surface area (Å²) in [7, 11) is 0. The highest BCUT2D eigenvalue weighted by molar-refractivity contribution is 9.10. The zero-order chi connectivity index (χ0) is 13.3. The molecule has 1 saturated heterocycles. The maximum Gasteiger partial charge on any atom is 0.407 e. The molecule has 1 heterocycles. The lowest BCUT2D eigenvalue weighted by Gasteiger charge is -2.24. The van der Waals surface area contributed by atoms with Gasteiger partial charge in [0.2, 0.25) is 0 Å². The van der Waals surface area contributed by atoms with Gasteiger partial charge in [-0.25, -0.2) is 9.18 Å². The first-order valence-corrected chi connectivity index (χ1v) is 6.48. The third kappa shape index (κ3) is 2.49. The van der Waals surface area contributed by atoms with Crippen molar-refractivity contribution in [3.05, 3.63) is 34.1 Å². The third-order valence-electron chi connectivity index (χ3n) is 3.30. The molecule has 1 aromatic carbocycles. The molecule has 18 heavy (non-hydrogen) atoms. The summed E-state index contributed by atoms with van der Waals surface area (Å²) >= 11 is 3.12. The minimum absolute atomic E-state index is 0.237. The van der Waals surface area contributed by atoms with E-state index in [9.17, 15) is 9.18 Å². The van der Waals surface area contributed by atoms with E-state index < -0.39 is 6.09 Å². The van der Waals surface area contributed by atoms with Crippen LogP contribution < -0.4 is 5.73 Å². The van der Waals surface area contributed by atoms with Gasteiger partial charge in [-0.05, 0) is 40.4 Å². The van der Waals surface area contributed by atoms with Crippen LogP contribution in [-0.2, 0) is 6.42 Å². The van der Waals surface area contributed by atoms with Gasteiger partial charge in [0, 0.05) is 12.6 Å². The van der Waals surface area contributed by atoms with Gasteiger partial charge in [0.05, 0.1) is 10.5 Å². The van der Waals surface area contributed by atoms with Crippen LogP contribution in [0.3, 0.4) is 0 Å². The molecule has 1 aromatic rings. The Balaban J connectivity index is 2.21. The summed E-state index contributed by atoms with van der Waals surface area (Å²) in [6.07, 6.45) is -0.0749. The van der Waals surface area contributed by atoms with Gasteiger partial charge in [-0.15, -0.1) is 0 Å². The second-order valence-corrected chi connectivity index (χ2v) is 5.27. The molecule has 0 bridgehead atoms. The van der Waals surface area contributed by atoms with Crippen LogP contribution in [0.4, 0.5) is 9.18 Å². The van der Waals surface area contributed by atoms with Crippen LogP contribution in [-0.4, -0.2) is 34.7 Å². The van der Waals surface area contributed by atoms with Crippen molar-refractivity contribution in [2.45, 2.75) is 24.9 Å². The molecule has 0 radical (unpaired) electrons. The monoisotopic (exact) mass is 316 g/mol. The second-order valence-electron chi connectivity index (χ2n) is 4.41. The number of benzene rings is 1. The van der Waals surface area contributed by atoms with Crippen LogP contribution in [0, 0.1) is 5.82 Å². The molecule has 2 atom stereocenters. The van der Waals surface area contributed by atoms with Crippen molar-refractivity contribution in [3.63, 3.8) is 0 Å². The molecule has 1 amide bonds. The molecule has 1 aliphatic rings. The largest absolute Gasteiger partial charge is 0.465 e. The summed E-state index contributed by atoms with van der Waals surface area (Å²) in [6, 6.07) is 4.41. The Hall–Kier alpha value is -1.14. The van der Waals surface area contributed by atoms with E-state index in [2.05, 4.69) is 15.9 Å². The van der Waals surface area contributed by atoms with Crippen molar-refractivity contribution in [2.24, 2.45) is 5.73 Å². The molecule has 2 rings (SSSR count). The minimum atomic E-state index is -0.997. The topological polar surface area (TPSA) is 66.6 Å². The number of hydrogen-bond donors (Lipinski definition) is 2. The number of carbonyl (C=O) groups is 1. The molecule has 4 nitrogen and oxygen atoms in total.